The molecule has 1 aromatic rings. The minimum atomic E-state index is -5.13. The smallest absolute Gasteiger partial charge is 0.388 e. The summed E-state index contributed by atoms with van der Waals surface area (Å²) < 4.78 is 77.1. The Balaban J connectivity index is 3.42. The minimum absolute atomic E-state index is 0.259. The average Bonchev–Trinajstić information content (AvgIpc) is 2.23. The van der Waals surface area contributed by atoms with E-state index in [4.69, 9.17) is 11.0 Å². The number of rotatable bonds is 2. The Hall–Kier alpha value is -2.02. The van der Waals surface area contributed by atoms with Gasteiger partial charge in [0.1, 0.15) is 6.07 Å². The molecule has 0 aliphatic carbocycles. The molecule has 0 fully saturated rings. The number of aromatic nitrogens is 1. The van der Waals surface area contributed by atoms with E-state index in [1.54, 1.807) is 0 Å². The molecule has 0 radical (unpaired) electrons. The van der Waals surface area contributed by atoms with Crippen LogP contribution in [-0.2, 0) is 12.7 Å². The largest absolute Gasteiger partial charge is 0.574 e. The number of nitrogens with two attached hydrogens (primary N) is 1. The van der Waals surface area contributed by atoms with E-state index in [-0.39, 0.29) is 6.07 Å². The van der Waals surface area contributed by atoms with Crippen LogP contribution in [0.4, 0.5) is 26.3 Å². The van der Waals surface area contributed by atoms with E-state index in [2.05, 4.69) is 9.72 Å². The third kappa shape index (κ3) is 3.72. The van der Waals surface area contributed by atoms with Crippen molar-refractivity contribution in [2.75, 3.05) is 0 Å². The molecule has 1 rings (SSSR count). The van der Waals surface area contributed by atoms with Crippen LogP contribution in [0.2, 0.25) is 0 Å². The van der Waals surface area contributed by atoms with Crippen molar-refractivity contribution in [2.24, 2.45) is 5.73 Å². The van der Waals surface area contributed by atoms with Crippen LogP contribution in [0.5, 0.6) is 5.88 Å². The Morgan fingerprint density at radius 2 is 1.84 bits per heavy atom. The summed E-state index contributed by atoms with van der Waals surface area (Å²) >= 11 is 0. The number of pyridine rings is 1. The van der Waals surface area contributed by atoms with E-state index in [1.165, 1.54) is 0 Å². The third-order valence-corrected chi connectivity index (χ3v) is 1.89. The van der Waals surface area contributed by atoms with E-state index in [1.807, 2.05) is 0 Å². The highest BCUT2D eigenvalue weighted by Gasteiger charge is 2.39. The fourth-order valence-electron chi connectivity index (χ4n) is 1.30. The molecule has 104 valence electrons. The Bertz CT molecular complexity index is 516. The maximum Gasteiger partial charge on any atom is 0.574 e. The van der Waals surface area contributed by atoms with Gasteiger partial charge in [0.05, 0.1) is 16.8 Å². The predicted molar refractivity (Wildman–Crippen MR) is 48.5 cm³/mol. The summed E-state index contributed by atoms with van der Waals surface area (Å²) in [4.78, 5) is 3.01. The fourth-order valence-corrected chi connectivity index (χ4v) is 1.30. The normalized spacial score (nSPS) is 12.1. The van der Waals surface area contributed by atoms with E-state index in [0.717, 1.165) is 6.07 Å². The molecule has 0 saturated heterocycles. The van der Waals surface area contributed by atoms with Gasteiger partial charge in [-0.3, -0.25) is 0 Å². The maximum absolute atomic E-state index is 12.6. The monoisotopic (exact) mass is 285 g/mol. The summed E-state index contributed by atoms with van der Waals surface area (Å²) in [5, 5.41) is 8.57. The molecule has 0 amide bonds. The van der Waals surface area contributed by atoms with Crippen LogP contribution in [0.1, 0.15) is 16.8 Å². The number of hydrogen-bond acceptors (Lipinski definition) is 4. The van der Waals surface area contributed by atoms with Crippen molar-refractivity contribution in [3.8, 4) is 11.9 Å². The van der Waals surface area contributed by atoms with Crippen LogP contribution in [0.15, 0.2) is 6.07 Å². The number of ether oxygens (including phenoxy) is 1. The molecule has 0 bridgehead atoms. The molecular formula is C9H5F6N3O. The van der Waals surface area contributed by atoms with Crippen molar-refractivity contribution >= 4 is 0 Å². The molecule has 0 aliphatic rings. The van der Waals surface area contributed by atoms with Crippen LogP contribution in [0.25, 0.3) is 0 Å². The lowest BCUT2D eigenvalue weighted by atomic mass is 10.1. The van der Waals surface area contributed by atoms with Gasteiger partial charge in [-0.2, -0.15) is 18.4 Å². The SMILES string of the molecule is N#Cc1cc(OC(F)(F)F)nc(CN)c1C(F)(F)F. The summed E-state index contributed by atoms with van der Waals surface area (Å²) in [6, 6.07) is 1.40. The first-order valence-corrected chi connectivity index (χ1v) is 4.55. The third-order valence-electron chi connectivity index (χ3n) is 1.89. The molecule has 0 unspecified atom stereocenters. The van der Waals surface area contributed by atoms with Crippen molar-refractivity contribution in [2.45, 2.75) is 19.1 Å². The van der Waals surface area contributed by atoms with Crippen LogP contribution >= 0.6 is 0 Å². The standard InChI is InChI=1S/C9H5F6N3O/c10-8(11,12)7-4(2-16)1-6(18-5(7)3-17)19-9(13,14)15/h1H,3,17H2. The molecule has 0 saturated carbocycles. The summed E-state index contributed by atoms with van der Waals surface area (Å²) in [5.74, 6) is -1.17. The number of nitrogens with zero attached hydrogens (tertiary/aromatic N) is 2. The lowest BCUT2D eigenvalue weighted by Gasteiger charge is -2.15. The molecular weight excluding hydrogens is 280 g/mol. The van der Waals surface area contributed by atoms with Crippen molar-refractivity contribution in [1.29, 1.82) is 5.26 Å². The molecule has 4 nitrogen and oxygen atoms in total. The highest BCUT2D eigenvalue weighted by Crippen LogP contribution is 2.36. The predicted octanol–water partition coefficient (Wildman–Crippen LogP) is 2.33. The topological polar surface area (TPSA) is 71.9 Å². The zero-order valence-electron chi connectivity index (χ0n) is 8.93. The number of halogens is 6. The minimum Gasteiger partial charge on any atom is -0.388 e. The molecule has 0 spiro atoms. The van der Waals surface area contributed by atoms with Crippen LogP contribution in [-0.4, -0.2) is 11.3 Å². The zero-order chi connectivity index (χ0) is 14.8. The Morgan fingerprint density at radius 3 is 2.21 bits per heavy atom. The number of hydrogen-bond donors (Lipinski definition) is 1. The van der Waals surface area contributed by atoms with Crippen molar-refractivity contribution < 1.29 is 31.1 Å². The average molecular weight is 285 g/mol. The van der Waals surface area contributed by atoms with E-state index < -0.39 is 41.8 Å². The van der Waals surface area contributed by atoms with Crippen LogP contribution < -0.4 is 10.5 Å². The molecule has 0 aromatic carbocycles. The van der Waals surface area contributed by atoms with Gasteiger partial charge in [-0.1, -0.05) is 0 Å². The van der Waals surface area contributed by atoms with Crippen LogP contribution in [0, 0.1) is 11.3 Å². The molecule has 1 heterocycles. The van der Waals surface area contributed by atoms with Gasteiger partial charge in [-0.05, 0) is 0 Å². The molecule has 19 heavy (non-hydrogen) atoms. The second-order valence-corrected chi connectivity index (χ2v) is 3.19. The second kappa shape index (κ2) is 4.93. The van der Waals surface area contributed by atoms with E-state index in [9.17, 15) is 26.3 Å². The fraction of sp³-hybridized carbons (Fsp3) is 0.333. The van der Waals surface area contributed by atoms with Gasteiger partial charge in [0.25, 0.3) is 0 Å². The molecule has 0 aliphatic heterocycles. The first-order valence-electron chi connectivity index (χ1n) is 4.55. The van der Waals surface area contributed by atoms with Crippen molar-refractivity contribution in [1.82, 2.24) is 4.98 Å². The van der Waals surface area contributed by atoms with Gasteiger partial charge in [0.15, 0.2) is 0 Å². The quantitative estimate of drug-likeness (QED) is 0.846. The van der Waals surface area contributed by atoms with Gasteiger partial charge in [-0.25, -0.2) is 4.98 Å². The summed E-state index contributed by atoms with van der Waals surface area (Å²) in [6.07, 6.45) is -10.1. The summed E-state index contributed by atoms with van der Waals surface area (Å²) in [6.45, 7) is -0.793. The highest BCUT2D eigenvalue weighted by molar-refractivity contribution is 5.45. The van der Waals surface area contributed by atoms with Gasteiger partial charge >= 0.3 is 12.5 Å². The first-order chi connectivity index (χ1) is 8.58. The lowest BCUT2D eigenvalue weighted by Crippen LogP contribution is -2.21. The Morgan fingerprint density at radius 1 is 1.26 bits per heavy atom. The Labute approximate surface area is 102 Å². The molecule has 2 N–H and O–H groups in total. The first kappa shape index (κ1) is 15.0. The summed E-state index contributed by atoms with van der Waals surface area (Å²) in [5.41, 5.74) is 1.59. The van der Waals surface area contributed by atoms with Gasteiger partial charge in [0, 0.05) is 12.6 Å². The molecule has 0 atom stereocenters. The van der Waals surface area contributed by atoms with Gasteiger partial charge in [-0.15, -0.1) is 13.2 Å². The van der Waals surface area contributed by atoms with Crippen LogP contribution in [0.3, 0.4) is 0 Å². The molecule has 10 heteroatoms. The van der Waals surface area contributed by atoms with Gasteiger partial charge in [0.2, 0.25) is 5.88 Å². The Kier molecular flexibility index (Phi) is 3.90. The zero-order valence-corrected chi connectivity index (χ0v) is 8.93. The number of nitriles is 1. The highest BCUT2D eigenvalue weighted by atomic mass is 19.4. The van der Waals surface area contributed by atoms with E-state index in [0.29, 0.717) is 0 Å². The van der Waals surface area contributed by atoms with E-state index >= 15 is 0 Å². The van der Waals surface area contributed by atoms with Crippen molar-refractivity contribution in [3.05, 3.63) is 22.9 Å². The lowest BCUT2D eigenvalue weighted by molar-refractivity contribution is -0.276. The number of alkyl halides is 6. The second-order valence-electron chi connectivity index (χ2n) is 3.19. The summed E-state index contributed by atoms with van der Waals surface area (Å²) in [7, 11) is 0. The molecule has 1 aromatic heterocycles. The maximum atomic E-state index is 12.6. The van der Waals surface area contributed by atoms with Gasteiger partial charge < -0.3 is 10.5 Å². The van der Waals surface area contributed by atoms with Crippen molar-refractivity contribution in [3.63, 3.8) is 0 Å².